The van der Waals surface area contributed by atoms with E-state index in [0.717, 1.165) is 19.3 Å². The van der Waals surface area contributed by atoms with Crippen LogP contribution in [-0.4, -0.2) is 35.5 Å². The van der Waals surface area contributed by atoms with Crippen LogP contribution in [0.1, 0.15) is 47.0 Å². The molecular weight excluding hydrogens is 188 g/mol. The summed E-state index contributed by atoms with van der Waals surface area (Å²) >= 11 is 0. The van der Waals surface area contributed by atoms with E-state index in [9.17, 15) is 4.79 Å². The van der Waals surface area contributed by atoms with Gasteiger partial charge in [-0.1, -0.05) is 6.92 Å². The van der Waals surface area contributed by atoms with Crippen LogP contribution >= 0.6 is 0 Å². The van der Waals surface area contributed by atoms with Crippen LogP contribution < -0.4 is 5.32 Å². The average molecular weight is 212 g/mol. The summed E-state index contributed by atoms with van der Waals surface area (Å²) in [5.74, 6) is 0.238. The van der Waals surface area contributed by atoms with E-state index in [4.69, 9.17) is 0 Å². The minimum Gasteiger partial charge on any atom is -0.335 e. The van der Waals surface area contributed by atoms with E-state index in [0.29, 0.717) is 12.1 Å². The van der Waals surface area contributed by atoms with Gasteiger partial charge in [-0.2, -0.15) is 0 Å². The molecule has 1 aliphatic heterocycles. The van der Waals surface area contributed by atoms with E-state index in [1.165, 1.54) is 0 Å². The van der Waals surface area contributed by atoms with Crippen molar-refractivity contribution in [3.05, 3.63) is 0 Å². The fourth-order valence-electron chi connectivity index (χ4n) is 2.27. The summed E-state index contributed by atoms with van der Waals surface area (Å²) in [7, 11) is 1.85. The molecule has 1 heterocycles. The van der Waals surface area contributed by atoms with E-state index in [2.05, 4.69) is 24.1 Å². The summed E-state index contributed by atoms with van der Waals surface area (Å²) in [6.07, 6.45) is 3.36. The Morgan fingerprint density at radius 1 is 1.47 bits per heavy atom. The van der Waals surface area contributed by atoms with Crippen LogP contribution in [0.25, 0.3) is 0 Å². The van der Waals surface area contributed by atoms with Gasteiger partial charge in [0.15, 0.2) is 0 Å². The van der Waals surface area contributed by atoms with E-state index in [1.807, 2.05) is 20.9 Å². The van der Waals surface area contributed by atoms with Crippen LogP contribution in [0.2, 0.25) is 0 Å². The van der Waals surface area contributed by atoms with Crippen molar-refractivity contribution >= 4 is 5.91 Å². The third-order valence-corrected chi connectivity index (χ3v) is 3.65. The van der Waals surface area contributed by atoms with Crippen LogP contribution in [0.3, 0.4) is 0 Å². The van der Waals surface area contributed by atoms with Crippen molar-refractivity contribution < 1.29 is 4.79 Å². The predicted molar refractivity (Wildman–Crippen MR) is 62.8 cm³/mol. The molecule has 0 saturated carbocycles. The maximum absolute atomic E-state index is 12.3. The van der Waals surface area contributed by atoms with Crippen molar-refractivity contribution in [3.63, 3.8) is 0 Å². The molecule has 1 amide bonds. The summed E-state index contributed by atoms with van der Waals surface area (Å²) < 4.78 is 0. The molecule has 0 radical (unpaired) electrons. The largest absolute Gasteiger partial charge is 0.335 e. The molecule has 0 aromatic heterocycles. The van der Waals surface area contributed by atoms with Crippen LogP contribution in [0.5, 0.6) is 0 Å². The van der Waals surface area contributed by atoms with Gasteiger partial charge in [-0.3, -0.25) is 4.79 Å². The number of likely N-dealkylation sites (tertiary alicyclic amines) is 1. The number of amides is 1. The van der Waals surface area contributed by atoms with Crippen molar-refractivity contribution in [1.29, 1.82) is 0 Å². The third kappa shape index (κ3) is 2.33. The molecule has 15 heavy (non-hydrogen) atoms. The Morgan fingerprint density at radius 2 is 2.07 bits per heavy atom. The lowest BCUT2D eigenvalue weighted by Gasteiger charge is -2.35. The number of hydrogen-bond acceptors (Lipinski definition) is 2. The molecule has 0 aromatic carbocycles. The second-order valence-electron chi connectivity index (χ2n) is 5.08. The summed E-state index contributed by atoms with van der Waals surface area (Å²) in [5.41, 5.74) is -0.438. The topological polar surface area (TPSA) is 32.3 Å². The Morgan fingerprint density at radius 3 is 2.53 bits per heavy atom. The zero-order valence-electron chi connectivity index (χ0n) is 10.6. The van der Waals surface area contributed by atoms with Gasteiger partial charge in [0.05, 0.1) is 5.54 Å². The smallest absolute Gasteiger partial charge is 0.242 e. The van der Waals surface area contributed by atoms with Crippen molar-refractivity contribution in [2.75, 3.05) is 7.05 Å². The Hall–Kier alpha value is -0.570. The van der Waals surface area contributed by atoms with Crippen LogP contribution in [-0.2, 0) is 4.79 Å². The average Bonchev–Trinajstić information content (AvgIpc) is 2.58. The molecule has 3 nitrogen and oxygen atoms in total. The van der Waals surface area contributed by atoms with Gasteiger partial charge in [0, 0.05) is 12.1 Å². The minimum atomic E-state index is -0.438. The predicted octanol–water partition coefficient (Wildman–Crippen LogP) is 1.77. The number of carbonyl (C=O) groups excluding carboxylic acids is 1. The second kappa shape index (κ2) is 4.52. The molecule has 1 fully saturated rings. The quantitative estimate of drug-likeness (QED) is 0.773. The molecule has 0 spiro atoms. The number of likely N-dealkylation sites (N-methyl/N-ethyl adjacent to an activating group) is 1. The number of nitrogens with zero attached hydrogens (tertiary/aromatic N) is 1. The first-order chi connectivity index (χ1) is 6.94. The van der Waals surface area contributed by atoms with Gasteiger partial charge in [0.25, 0.3) is 0 Å². The molecule has 1 aliphatic rings. The zero-order chi connectivity index (χ0) is 11.6. The van der Waals surface area contributed by atoms with Crippen molar-refractivity contribution in [2.45, 2.75) is 64.6 Å². The Balaban J connectivity index is 2.81. The van der Waals surface area contributed by atoms with Crippen LogP contribution in [0.15, 0.2) is 0 Å². The lowest BCUT2D eigenvalue weighted by molar-refractivity contribution is -0.139. The summed E-state index contributed by atoms with van der Waals surface area (Å²) in [6.45, 7) is 8.22. The first-order valence-electron chi connectivity index (χ1n) is 5.95. The Kier molecular flexibility index (Phi) is 3.77. The monoisotopic (exact) mass is 212 g/mol. The van der Waals surface area contributed by atoms with Crippen molar-refractivity contribution in [3.8, 4) is 0 Å². The maximum atomic E-state index is 12.3. The molecule has 3 heteroatoms. The lowest BCUT2D eigenvalue weighted by atomic mass is 10.0. The lowest BCUT2D eigenvalue weighted by Crippen LogP contribution is -2.55. The molecule has 0 bridgehead atoms. The molecule has 88 valence electrons. The van der Waals surface area contributed by atoms with E-state index >= 15 is 0 Å². The van der Waals surface area contributed by atoms with Gasteiger partial charge in [-0.25, -0.2) is 0 Å². The SMILES string of the molecule is CCC1CCC(C)N1C(=O)C(C)(C)NC. The molecule has 2 unspecified atom stereocenters. The molecule has 1 saturated heterocycles. The van der Waals surface area contributed by atoms with E-state index in [1.54, 1.807) is 0 Å². The van der Waals surface area contributed by atoms with Gasteiger partial charge >= 0.3 is 0 Å². The first kappa shape index (κ1) is 12.5. The maximum Gasteiger partial charge on any atom is 0.242 e. The second-order valence-corrected chi connectivity index (χ2v) is 5.08. The van der Waals surface area contributed by atoms with Crippen LogP contribution in [0, 0.1) is 0 Å². The fraction of sp³-hybridized carbons (Fsp3) is 0.917. The van der Waals surface area contributed by atoms with Gasteiger partial charge in [0.1, 0.15) is 0 Å². The fourth-order valence-corrected chi connectivity index (χ4v) is 2.27. The van der Waals surface area contributed by atoms with Gasteiger partial charge in [0.2, 0.25) is 5.91 Å². The number of carbonyl (C=O) groups is 1. The highest BCUT2D eigenvalue weighted by atomic mass is 16.2. The normalized spacial score (nSPS) is 27.1. The molecule has 1 rings (SSSR count). The van der Waals surface area contributed by atoms with Crippen molar-refractivity contribution in [2.24, 2.45) is 0 Å². The highest BCUT2D eigenvalue weighted by Crippen LogP contribution is 2.28. The first-order valence-corrected chi connectivity index (χ1v) is 5.95. The summed E-state index contributed by atoms with van der Waals surface area (Å²) in [4.78, 5) is 14.4. The molecule has 0 aromatic rings. The summed E-state index contributed by atoms with van der Waals surface area (Å²) in [5, 5.41) is 3.09. The molecule has 0 aliphatic carbocycles. The van der Waals surface area contributed by atoms with E-state index in [-0.39, 0.29) is 5.91 Å². The highest BCUT2D eigenvalue weighted by Gasteiger charge is 2.39. The third-order valence-electron chi connectivity index (χ3n) is 3.65. The summed E-state index contributed by atoms with van der Waals surface area (Å²) in [6, 6.07) is 0.843. The minimum absolute atomic E-state index is 0.238. The Bertz CT molecular complexity index is 238. The van der Waals surface area contributed by atoms with Crippen LogP contribution in [0.4, 0.5) is 0 Å². The highest BCUT2D eigenvalue weighted by molar-refractivity contribution is 5.86. The number of nitrogens with one attached hydrogen (secondary N) is 1. The zero-order valence-corrected chi connectivity index (χ0v) is 10.6. The molecule has 2 atom stereocenters. The molecular formula is C12H24N2O. The Labute approximate surface area is 93.2 Å². The van der Waals surface area contributed by atoms with Gasteiger partial charge < -0.3 is 10.2 Å². The van der Waals surface area contributed by atoms with Gasteiger partial charge in [-0.05, 0) is 47.1 Å². The molecule has 1 N–H and O–H groups in total. The van der Waals surface area contributed by atoms with Crippen molar-refractivity contribution in [1.82, 2.24) is 10.2 Å². The number of rotatable bonds is 3. The van der Waals surface area contributed by atoms with E-state index < -0.39 is 5.54 Å². The van der Waals surface area contributed by atoms with Gasteiger partial charge in [-0.15, -0.1) is 0 Å². The number of hydrogen-bond donors (Lipinski definition) is 1. The standard InChI is InChI=1S/C12H24N2O/c1-6-10-8-7-9(2)14(10)11(15)12(3,4)13-5/h9-10,13H,6-8H2,1-5H3.